The number of halogens is 1. The third kappa shape index (κ3) is 5.50. The van der Waals surface area contributed by atoms with E-state index >= 15 is 0 Å². The predicted octanol–water partition coefficient (Wildman–Crippen LogP) is 6.08. The summed E-state index contributed by atoms with van der Waals surface area (Å²) < 4.78 is 5.82. The quantitative estimate of drug-likeness (QED) is 0.391. The van der Waals surface area contributed by atoms with Gasteiger partial charge in [-0.2, -0.15) is 5.26 Å². The SMILES string of the molecule is Cc1ccc(C)c(NC(=O)/C(C#N)=C\c2cccc(OCc3ccccc3Cl)c2)c1. The maximum Gasteiger partial charge on any atom is 0.266 e. The highest BCUT2D eigenvalue weighted by Gasteiger charge is 2.11. The van der Waals surface area contributed by atoms with Crippen LogP contribution in [0.5, 0.6) is 5.75 Å². The molecule has 0 aliphatic heterocycles. The zero-order chi connectivity index (χ0) is 21.5. The van der Waals surface area contributed by atoms with E-state index in [1.807, 2.05) is 80.6 Å². The van der Waals surface area contributed by atoms with E-state index in [0.717, 1.165) is 16.7 Å². The van der Waals surface area contributed by atoms with Gasteiger partial charge >= 0.3 is 0 Å². The smallest absolute Gasteiger partial charge is 0.266 e. The first-order chi connectivity index (χ1) is 14.5. The monoisotopic (exact) mass is 416 g/mol. The van der Waals surface area contributed by atoms with E-state index in [4.69, 9.17) is 16.3 Å². The molecule has 0 aliphatic carbocycles. The van der Waals surface area contributed by atoms with Crippen molar-refractivity contribution in [1.29, 1.82) is 5.26 Å². The van der Waals surface area contributed by atoms with Crippen molar-refractivity contribution in [3.63, 3.8) is 0 Å². The summed E-state index contributed by atoms with van der Waals surface area (Å²) in [6.45, 7) is 4.18. The average Bonchev–Trinajstić information content (AvgIpc) is 2.74. The van der Waals surface area contributed by atoms with E-state index in [1.54, 1.807) is 12.1 Å². The summed E-state index contributed by atoms with van der Waals surface area (Å²) in [5.41, 5.74) is 4.24. The first-order valence-corrected chi connectivity index (χ1v) is 9.81. The second-order valence-corrected chi connectivity index (χ2v) is 7.30. The molecule has 5 heteroatoms. The number of ether oxygens (including phenoxy) is 1. The van der Waals surface area contributed by atoms with Gasteiger partial charge in [-0.05, 0) is 60.9 Å². The molecule has 3 aromatic carbocycles. The lowest BCUT2D eigenvalue weighted by molar-refractivity contribution is -0.112. The number of nitrogens with zero attached hydrogens (tertiary/aromatic N) is 1. The van der Waals surface area contributed by atoms with Gasteiger partial charge in [-0.1, -0.05) is 54.1 Å². The highest BCUT2D eigenvalue weighted by Crippen LogP contribution is 2.21. The number of carbonyl (C=O) groups excluding carboxylic acids is 1. The fraction of sp³-hybridized carbons (Fsp3) is 0.120. The van der Waals surface area contributed by atoms with Gasteiger partial charge in [0.2, 0.25) is 0 Å². The summed E-state index contributed by atoms with van der Waals surface area (Å²) in [6.07, 6.45) is 1.54. The minimum absolute atomic E-state index is 0.0131. The van der Waals surface area contributed by atoms with E-state index in [1.165, 1.54) is 0 Å². The summed E-state index contributed by atoms with van der Waals surface area (Å²) >= 11 is 6.16. The molecule has 3 aromatic rings. The van der Waals surface area contributed by atoms with Crippen LogP contribution in [0.2, 0.25) is 5.02 Å². The number of carbonyl (C=O) groups is 1. The number of anilines is 1. The largest absolute Gasteiger partial charge is 0.489 e. The lowest BCUT2D eigenvalue weighted by atomic mass is 10.1. The number of benzene rings is 3. The molecule has 0 fully saturated rings. The molecule has 0 atom stereocenters. The van der Waals surface area contributed by atoms with Crippen LogP contribution in [0.1, 0.15) is 22.3 Å². The average molecular weight is 417 g/mol. The highest BCUT2D eigenvalue weighted by atomic mass is 35.5. The van der Waals surface area contributed by atoms with Crippen molar-refractivity contribution in [3.8, 4) is 11.8 Å². The molecular weight excluding hydrogens is 396 g/mol. The van der Waals surface area contributed by atoms with Crippen molar-refractivity contribution < 1.29 is 9.53 Å². The van der Waals surface area contributed by atoms with Crippen molar-refractivity contribution in [2.45, 2.75) is 20.5 Å². The van der Waals surface area contributed by atoms with Crippen LogP contribution in [-0.4, -0.2) is 5.91 Å². The van der Waals surface area contributed by atoms with Crippen LogP contribution < -0.4 is 10.1 Å². The van der Waals surface area contributed by atoms with Crippen molar-refractivity contribution in [3.05, 3.63) is 99.6 Å². The summed E-state index contributed by atoms with van der Waals surface area (Å²) in [5, 5.41) is 12.9. The maximum absolute atomic E-state index is 12.6. The number of nitriles is 1. The Balaban J connectivity index is 1.75. The second kappa shape index (κ2) is 9.78. The van der Waals surface area contributed by atoms with Crippen LogP contribution in [0.3, 0.4) is 0 Å². The van der Waals surface area contributed by atoms with E-state index in [9.17, 15) is 10.1 Å². The van der Waals surface area contributed by atoms with E-state index in [-0.39, 0.29) is 5.57 Å². The third-order valence-electron chi connectivity index (χ3n) is 4.53. The van der Waals surface area contributed by atoms with E-state index in [2.05, 4.69) is 5.32 Å². The predicted molar refractivity (Wildman–Crippen MR) is 120 cm³/mol. The second-order valence-electron chi connectivity index (χ2n) is 6.89. The summed E-state index contributed by atoms with van der Waals surface area (Å²) in [4.78, 5) is 12.6. The lowest BCUT2D eigenvalue weighted by Crippen LogP contribution is -2.14. The Hall–Kier alpha value is -3.55. The zero-order valence-corrected chi connectivity index (χ0v) is 17.5. The number of hydrogen-bond acceptors (Lipinski definition) is 3. The minimum Gasteiger partial charge on any atom is -0.489 e. The van der Waals surface area contributed by atoms with Gasteiger partial charge in [0.15, 0.2) is 0 Å². The van der Waals surface area contributed by atoms with Gasteiger partial charge in [0.1, 0.15) is 24.0 Å². The number of rotatable bonds is 6. The lowest BCUT2D eigenvalue weighted by Gasteiger charge is -2.10. The first kappa shape index (κ1) is 21.2. The van der Waals surface area contributed by atoms with Crippen molar-refractivity contribution in [2.75, 3.05) is 5.32 Å². The molecule has 4 nitrogen and oxygen atoms in total. The molecule has 0 heterocycles. The van der Waals surface area contributed by atoms with Crippen LogP contribution in [-0.2, 0) is 11.4 Å². The van der Waals surface area contributed by atoms with Gasteiger partial charge in [0.25, 0.3) is 5.91 Å². The van der Waals surface area contributed by atoms with Crippen molar-refractivity contribution in [1.82, 2.24) is 0 Å². The molecule has 1 N–H and O–H groups in total. The Labute approximate surface area is 181 Å². The maximum atomic E-state index is 12.6. The molecule has 0 radical (unpaired) electrons. The van der Waals surface area contributed by atoms with Gasteiger partial charge in [-0.25, -0.2) is 0 Å². The zero-order valence-electron chi connectivity index (χ0n) is 16.8. The molecule has 0 unspecified atom stereocenters. The van der Waals surface area contributed by atoms with Crippen molar-refractivity contribution >= 4 is 29.3 Å². The summed E-state index contributed by atoms with van der Waals surface area (Å²) in [7, 11) is 0. The van der Waals surface area contributed by atoms with E-state index < -0.39 is 5.91 Å². The fourth-order valence-electron chi connectivity index (χ4n) is 2.85. The van der Waals surface area contributed by atoms with Crippen LogP contribution >= 0.6 is 11.6 Å². The van der Waals surface area contributed by atoms with Gasteiger partial charge in [-0.15, -0.1) is 0 Å². The molecule has 0 bridgehead atoms. The van der Waals surface area contributed by atoms with Crippen LogP contribution in [0.25, 0.3) is 6.08 Å². The molecular formula is C25H21ClN2O2. The molecule has 3 rings (SSSR count). The molecule has 30 heavy (non-hydrogen) atoms. The standard InChI is InChI=1S/C25H21ClN2O2/c1-17-10-11-18(2)24(12-17)28-25(29)21(15-27)13-19-6-5-8-22(14-19)30-16-20-7-3-4-9-23(20)26/h3-14H,16H2,1-2H3,(H,28,29)/b21-13-. The number of hydrogen-bond donors (Lipinski definition) is 1. The Bertz CT molecular complexity index is 1150. The fourth-order valence-corrected chi connectivity index (χ4v) is 3.04. The molecule has 0 aromatic heterocycles. The third-order valence-corrected chi connectivity index (χ3v) is 4.90. The molecule has 1 amide bonds. The van der Waals surface area contributed by atoms with Crippen molar-refractivity contribution in [2.24, 2.45) is 0 Å². The van der Waals surface area contributed by atoms with Crippen LogP contribution in [0, 0.1) is 25.2 Å². The molecule has 0 aliphatic rings. The van der Waals surface area contributed by atoms with E-state index in [0.29, 0.717) is 28.6 Å². The van der Waals surface area contributed by atoms with Gasteiger partial charge < -0.3 is 10.1 Å². The Kier molecular flexibility index (Phi) is 6.90. The summed E-state index contributed by atoms with van der Waals surface area (Å²) in [6, 6.07) is 22.5. The molecule has 0 saturated heterocycles. The highest BCUT2D eigenvalue weighted by molar-refractivity contribution is 6.31. The summed E-state index contributed by atoms with van der Waals surface area (Å²) in [5.74, 6) is 0.171. The number of nitrogens with one attached hydrogen (secondary N) is 1. The van der Waals surface area contributed by atoms with Crippen LogP contribution in [0.15, 0.2) is 72.3 Å². The van der Waals surface area contributed by atoms with Gasteiger partial charge in [0, 0.05) is 16.3 Å². The number of aryl methyl sites for hydroxylation is 2. The molecule has 0 spiro atoms. The van der Waals surface area contributed by atoms with Gasteiger partial charge in [-0.3, -0.25) is 4.79 Å². The first-order valence-electron chi connectivity index (χ1n) is 9.43. The topological polar surface area (TPSA) is 62.1 Å². The molecule has 0 saturated carbocycles. The normalized spacial score (nSPS) is 10.9. The Morgan fingerprint density at radius 3 is 2.67 bits per heavy atom. The number of amides is 1. The Morgan fingerprint density at radius 2 is 1.90 bits per heavy atom. The Morgan fingerprint density at radius 1 is 1.10 bits per heavy atom. The minimum atomic E-state index is -0.450. The van der Waals surface area contributed by atoms with Crippen LogP contribution in [0.4, 0.5) is 5.69 Å². The van der Waals surface area contributed by atoms with Gasteiger partial charge in [0.05, 0.1) is 0 Å². The molecule has 150 valence electrons.